The highest BCUT2D eigenvalue weighted by atomic mass is 32.2. The fourth-order valence-electron chi connectivity index (χ4n) is 2.11. The number of non-ortho nitro benzene ring substituents is 1. The zero-order valence-corrected chi connectivity index (χ0v) is 13.8. The predicted octanol–water partition coefficient (Wildman–Crippen LogP) is 4.49. The molecule has 0 aliphatic rings. The molecule has 120 valence electrons. The zero-order valence-electron chi connectivity index (χ0n) is 12.9. The molecule has 0 atom stereocenters. The second-order valence-electron chi connectivity index (χ2n) is 4.75. The lowest BCUT2D eigenvalue weighted by molar-refractivity contribution is -0.384. The van der Waals surface area contributed by atoms with E-state index >= 15 is 0 Å². The van der Waals surface area contributed by atoms with E-state index in [-0.39, 0.29) is 11.7 Å². The number of nitro groups is 1. The molecule has 0 amide bonds. The van der Waals surface area contributed by atoms with E-state index in [9.17, 15) is 14.9 Å². The van der Waals surface area contributed by atoms with Gasteiger partial charge in [-0.2, -0.15) is 0 Å². The Balaban J connectivity index is 2.20. The summed E-state index contributed by atoms with van der Waals surface area (Å²) in [5.41, 5.74) is 1.58. The standard InChI is InChI=1S/C17H17NO4S/c1-3-12-11-15(9-10-16(12)17(19)22-4-2)23-14-7-5-13(6-8-14)18(20)21/h5-11H,3-4H2,1-2H3. The Labute approximate surface area is 138 Å². The van der Waals surface area contributed by atoms with Crippen molar-refractivity contribution < 1.29 is 14.5 Å². The smallest absolute Gasteiger partial charge is 0.338 e. The van der Waals surface area contributed by atoms with Crippen LogP contribution in [0.15, 0.2) is 52.3 Å². The summed E-state index contributed by atoms with van der Waals surface area (Å²) < 4.78 is 5.05. The van der Waals surface area contributed by atoms with Gasteiger partial charge in [0, 0.05) is 21.9 Å². The predicted molar refractivity (Wildman–Crippen MR) is 89.0 cm³/mol. The summed E-state index contributed by atoms with van der Waals surface area (Å²) >= 11 is 1.50. The van der Waals surface area contributed by atoms with Crippen molar-refractivity contribution in [3.63, 3.8) is 0 Å². The van der Waals surface area contributed by atoms with Crippen molar-refractivity contribution in [3.05, 3.63) is 63.7 Å². The topological polar surface area (TPSA) is 69.4 Å². The van der Waals surface area contributed by atoms with Crippen LogP contribution < -0.4 is 0 Å². The molecule has 2 aromatic rings. The lowest BCUT2D eigenvalue weighted by Gasteiger charge is -2.09. The third kappa shape index (κ3) is 4.32. The molecule has 0 saturated heterocycles. The van der Waals surface area contributed by atoms with E-state index < -0.39 is 4.92 Å². The molecule has 6 heteroatoms. The van der Waals surface area contributed by atoms with Crippen LogP contribution >= 0.6 is 11.8 Å². The average molecular weight is 331 g/mol. The number of carbonyl (C=O) groups excluding carboxylic acids is 1. The van der Waals surface area contributed by atoms with Crippen molar-refractivity contribution in [2.45, 2.75) is 30.1 Å². The lowest BCUT2D eigenvalue weighted by atomic mass is 10.1. The minimum Gasteiger partial charge on any atom is -0.462 e. The van der Waals surface area contributed by atoms with Crippen molar-refractivity contribution in [2.75, 3.05) is 6.61 Å². The minimum atomic E-state index is -0.419. The first-order valence-corrected chi connectivity index (χ1v) is 8.09. The van der Waals surface area contributed by atoms with Gasteiger partial charge in [0.25, 0.3) is 5.69 Å². The van der Waals surface area contributed by atoms with Gasteiger partial charge in [0.05, 0.1) is 17.1 Å². The largest absolute Gasteiger partial charge is 0.462 e. The number of ether oxygens (including phenoxy) is 1. The maximum atomic E-state index is 11.9. The summed E-state index contributed by atoms with van der Waals surface area (Å²) in [5.74, 6) is -0.309. The molecular weight excluding hydrogens is 314 g/mol. The van der Waals surface area contributed by atoms with E-state index in [4.69, 9.17) is 4.74 Å². The normalized spacial score (nSPS) is 10.3. The third-order valence-electron chi connectivity index (χ3n) is 3.24. The monoisotopic (exact) mass is 331 g/mol. The minimum absolute atomic E-state index is 0.0706. The van der Waals surface area contributed by atoms with E-state index in [0.29, 0.717) is 12.2 Å². The van der Waals surface area contributed by atoms with Crippen LogP contribution in [0.5, 0.6) is 0 Å². The Morgan fingerprint density at radius 1 is 1.13 bits per heavy atom. The molecule has 2 rings (SSSR count). The fourth-order valence-corrected chi connectivity index (χ4v) is 2.99. The van der Waals surface area contributed by atoms with Crippen molar-refractivity contribution in [1.82, 2.24) is 0 Å². The van der Waals surface area contributed by atoms with E-state index in [1.807, 2.05) is 19.1 Å². The van der Waals surface area contributed by atoms with Gasteiger partial charge < -0.3 is 4.74 Å². The molecule has 23 heavy (non-hydrogen) atoms. The molecular formula is C17H17NO4S. The van der Waals surface area contributed by atoms with Gasteiger partial charge in [-0.05, 0) is 49.2 Å². The number of rotatable bonds is 6. The number of aryl methyl sites for hydroxylation is 1. The summed E-state index contributed by atoms with van der Waals surface area (Å²) in [4.78, 5) is 24.0. The Hall–Kier alpha value is -2.34. The Morgan fingerprint density at radius 2 is 1.78 bits per heavy atom. The van der Waals surface area contributed by atoms with Crippen molar-refractivity contribution in [1.29, 1.82) is 0 Å². The molecule has 0 bridgehead atoms. The molecule has 0 aromatic heterocycles. The van der Waals surface area contributed by atoms with Gasteiger partial charge in [0.15, 0.2) is 0 Å². The number of nitro benzene ring substituents is 1. The van der Waals surface area contributed by atoms with Gasteiger partial charge in [-0.25, -0.2) is 4.79 Å². The first-order chi connectivity index (χ1) is 11.0. The van der Waals surface area contributed by atoms with Crippen LogP contribution in [-0.2, 0) is 11.2 Å². The second kappa shape index (κ2) is 7.78. The van der Waals surface area contributed by atoms with Crippen molar-refractivity contribution in [3.8, 4) is 0 Å². The van der Waals surface area contributed by atoms with Gasteiger partial charge in [-0.15, -0.1) is 0 Å². The van der Waals surface area contributed by atoms with Gasteiger partial charge in [-0.3, -0.25) is 10.1 Å². The molecule has 0 spiro atoms. The average Bonchev–Trinajstić information content (AvgIpc) is 2.55. The number of benzene rings is 2. The maximum absolute atomic E-state index is 11.9. The molecule has 5 nitrogen and oxygen atoms in total. The first-order valence-electron chi connectivity index (χ1n) is 7.27. The highest BCUT2D eigenvalue weighted by molar-refractivity contribution is 7.99. The Bertz CT molecular complexity index is 713. The highest BCUT2D eigenvalue weighted by Crippen LogP contribution is 2.30. The van der Waals surface area contributed by atoms with Crippen LogP contribution in [0.1, 0.15) is 29.8 Å². The summed E-state index contributed by atoms with van der Waals surface area (Å²) in [5, 5.41) is 10.7. The summed E-state index contributed by atoms with van der Waals surface area (Å²) in [6.07, 6.45) is 0.725. The van der Waals surface area contributed by atoms with Gasteiger partial charge in [-0.1, -0.05) is 18.7 Å². The van der Waals surface area contributed by atoms with Crippen LogP contribution in [0.3, 0.4) is 0 Å². The number of hydrogen-bond acceptors (Lipinski definition) is 5. The summed E-state index contributed by atoms with van der Waals surface area (Å²) in [6.45, 7) is 4.11. The molecule has 0 N–H and O–H groups in total. The summed E-state index contributed by atoms with van der Waals surface area (Å²) in [7, 11) is 0. The molecule has 2 aromatic carbocycles. The SMILES string of the molecule is CCOC(=O)c1ccc(Sc2ccc([N+](=O)[O-])cc2)cc1CC. The van der Waals surface area contributed by atoms with E-state index in [1.54, 1.807) is 25.1 Å². The second-order valence-corrected chi connectivity index (χ2v) is 5.89. The molecule has 0 heterocycles. The zero-order chi connectivity index (χ0) is 16.8. The van der Waals surface area contributed by atoms with Crippen LogP contribution in [0.25, 0.3) is 0 Å². The molecule has 0 aliphatic carbocycles. The maximum Gasteiger partial charge on any atom is 0.338 e. The van der Waals surface area contributed by atoms with Gasteiger partial charge >= 0.3 is 5.97 Å². The Kier molecular flexibility index (Phi) is 5.76. The Morgan fingerprint density at radius 3 is 2.35 bits per heavy atom. The first kappa shape index (κ1) is 17.0. The van der Waals surface area contributed by atoms with Crippen LogP contribution in [0, 0.1) is 10.1 Å². The number of hydrogen-bond donors (Lipinski definition) is 0. The molecule has 0 aliphatic heterocycles. The quantitative estimate of drug-likeness (QED) is 0.443. The highest BCUT2D eigenvalue weighted by Gasteiger charge is 2.12. The van der Waals surface area contributed by atoms with E-state index in [1.165, 1.54) is 23.9 Å². The van der Waals surface area contributed by atoms with Crippen LogP contribution in [0.2, 0.25) is 0 Å². The van der Waals surface area contributed by atoms with E-state index in [0.717, 1.165) is 21.8 Å². The molecule has 0 saturated carbocycles. The lowest BCUT2D eigenvalue weighted by Crippen LogP contribution is -2.07. The number of nitrogens with zero attached hydrogens (tertiary/aromatic N) is 1. The molecule has 0 unspecified atom stereocenters. The number of carbonyl (C=O) groups is 1. The van der Waals surface area contributed by atoms with Crippen LogP contribution in [0.4, 0.5) is 5.69 Å². The van der Waals surface area contributed by atoms with Crippen molar-refractivity contribution in [2.24, 2.45) is 0 Å². The fraction of sp³-hybridized carbons (Fsp3) is 0.235. The van der Waals surface area contributed by atoms with Gasteiger partial charge in [0.2, 0.25) is 0 Å². The summed E-state index contributed by atoms with van der Waals surface area (Å²) in [6, 6.07) is 12.0. The molecule has 0 fully saturated rings. The van der Waals surface area contributed by atoms with Crippen LogP contribution in [-0.4, -0.2) is 17.5 Å². The van der Waals surface area contributed by atoms with Crippen molar-refractivity contribution >= 4 is 23.4 Å². The third-order valence-corrected chi connectivity index (χ3v) is 4.23. The number of esters is 1. The van der Waals surface area contributed by atoms with Gasteiger partial charge in [0.1, 0.15) is 0 Å². The van der Waals surface area contributed by atoms with E-state index in [2.05, 4.69) is 0 Å². The molecule has 0 radical (unpaired) electrons.